The predicted octanol–water partition coefficient (Wildman–Crippen LogP) is 1.94. The van der Waals surface area contributed by atoms with Crippen molar-refractivity contribution in [1.29, 1.82) is 0 Å². The Balaban J connectivity index is 2.03. The Labute approximate surface area is 136 Å². The average molecular weight is 428 g/mol. The number of thiophene rings is 1. The van der Waals surface area contributed by atoms with Crippen LogP contribution in [0.1, 0.15) is 36.0 Å². The highest BCUT2D eigenvalue weighted by molar-refractivity contribution is 14.1. The highest BCUT2D eigenvalue weighted by atomic mass is 127. The molecule has 0 aliphatic heterocycles. The molecule has 0 spiro atoms. The Morgan fingerprint density at radius 3 is 2.55 bits per heavy atom. The monoisotopic (exact) mass is 428 g/mol. The second kappa shape index (κ2) is 6.71. The van der Waals surface area contributed by atoms with Crippen molar-refractivity contribution >= 4 is 49.9 Å². The highest BCUT2D eigenvalue weighted by Crippen LogP contribution is 2.21. The summed E-state index contributed by atoms with van der Waals surface area (Å²) in [5.74, 6) is -0.128. The summed E-state index contributed by atoms with van der Waals surface area (Å²) in [7, 11) is -3.25. The molecule has 5 nitrogen and oxygen atoms in total. The standard InChI is InChI=1S/C12H17IN2O3S2/c1-20(17,18)15-10-5-3-2-4-9(10)14-12(16)8-6-11(13)19-7-8/h6-7,9-10,15H,2-5H2,1H3,(H,14,16). The lowest BCUT2D eigenvalue weighted by atomic mass is 9.91. The number of sulfonamides is 1. The number of carbonyl (C=O) groups is 1. The fourth-order valence-corrected chi connectivity index (χ4v) is 4.56. The van der Waals surface area contributed by atoms with Crippen LogP contribution in [0, 0.1) is 2.88 Å². The van der Waals surface area contributed by atoms with Crippen molar-refractivity contribution in [2.45, 2.75) is 37.8 Å². The highest BCUT2D eigenvalue weighted by Gasteiger charge is 2.28. The first-order valence-corrected chi connectivity index (χ1v) is 10.2. The second-order valence-corrected chi connectivity index (χ2v) is 9.59. The molecule has 1 heterocycles. The van der Waals surface area contributed by atoms with Crippen LogP contribution < -0.4 is 10.0 Å². The van der Waals surface area contributed by atoms with Crippen LogP contribution in [0.2, 0.25) is 0 Å². The Morgan fingerprint density at radius 2 is 2.00 bits per heavy atom. The Hall–Kier alpha value is -0.190. The van der Waals surface area contributed by atoms with E-state index < -0.39 is 10.0 Å². The van der Waals surface area contributed by atoms with E-state index >= 15 is 0 Å². The molecule has 1 aliphatic carbocycles. The molecular formula is C12H17IN2O3S2. The summed E-state index contributed by atoms with van der Waals surface area (Å²) in [6, 6.07) is 1.49. The SMILES string of the molecule is CS(=O)(=O)NC1CCCCC1NC(=O)c1csc(I)c1. The zero-order chi connectivity index (χ0) is 14.8. The van der Waals surface area contributed by atoms with Gasteiger partial charge in [0.1, 0.15) is 0 Å². The van der Waals surface area contributed by atoms with Gasteiger partial charge in [0.25, 0.3) is 5.91 Å². The van der Waals surface area contributed by atoms with Gasteiger partial charge in [-0.25, -0.2) is 13.1 Å². The molecule has 20 heavy (non-hydrogen) atoms. The molecule has 1 saturated carbocycles. The van der Waals surface area contributed by atoms with Gasteiger partial charge < -0.3 is 5.32 Å². The lowest BCUT2D eigenvalue weighted by molar-refractivity contribution is 0.0919. The van der Waals surface area contributed by atoms with Crippen molar-refractivity contribution in [3.8, 4) is 0 Å². The number of hydrogen-bond donors (Lipinski definition) is 2. The second-order valence-electron chi connectivity index (χ2n) is 5.00. The molecule has 1 aliphatic rings. The summed E-state index contributed by atoms with van der Waals surface area (Å²) in [6.07, 6.45) is 4.71. The van der Waals surface area contributed by atoms with Crippen LogP contribution in [0.3, 0.4) is 0 Å². The first kappa shape index (κ1) is 16.2. The van der Waals surface area contributed by atoms with E-state index in [1.807, 2.05) is 11.4 Å². The van der Waals surface area contributed by atoms with Crippen LogP contribution in [0.5, 0.6) is 0 Å². The van der Waals surface area contributed by atoms with E-state index in [2.05, 4.69) is 32.6 Å². The van der Waals surface area contributed by atoms with E-state index in [1.165, 1.54) is 11.3 Å². The van der Waals surface area contributed by atoms with E-state index in [-0.39, 0.29) is 18.0 Å². The largest absolute Gasteiger partial charge is 0.348 e. The molecule has 2 N–H and O–H groups in total. The van der Waals surface area contributed by atoms with E-state index in [0.717, 1.165) is 34.8 Å². The molecule has 112 valence electrons. The molecule has 0 bridgehead atoms. The zero-order valence-electron chi connectivity index (χ0n) is 11.1. The third kappa shape index (κ3) is 4.68. The molecule has 0 saturated heterocycles. The van der Waals surface area contributed by atoms with Crippen molar-refractivity contribution in [3.63, 3.8) is 0 Å². The van der Waals surface area contributed by atoms with Crippen molar-refractivity contribution in [1.82, 2.24) is 10.0 Å². The lowest BCUT2D eigenvalue weighted by Gasteiger charge is -2.32. The van der Waals surface area contributed by atoms with Gasteiger partial charge in [-0.15, -0.1) is 11.3 Å². The molecule has 0 radical (unpaired) electrons. The van der Waals surface area contributed by atoms with Gasteiger partial charge in [0, 0.05) is 17.5 Å². The molecule has 2 unspecified atom stereocenters. The quantitative estimate of drug-likeness (QED) is 0.720. The Kier molecular flexibility index (Phi) is 5.43. The molecule has 2 atom stereocenters. The Morgan fingerprint density at radius 1 is 1.35 bits per heavy atom. The smallest absolute Gasteiger partial charge is 0.252 e. The summed E-state index contributed by atoms with van der Waals surface area (Å²) >= 11 is 3.69. The van der Waals surface area contributed by atoms with Crippen molar-refractivity contribution in [2.75, 3.05) is 6.26 Å². The number of hydrogen-bond acceptors (Lipinski definition) is 4. The summed E-state index contributed by atoms with van der Waals surface area (Å²) in [5, 5.41) is 4.78. The van der Waals surface area contributed by atoms with Gasteiger partial charge >= 0.3 is 0 Å². The van der Waals surface area contributed by atoms with Crippen LogP contribution in [0.15, 0.2) is 11.4 Å². The third-order valence-electron chi connectivity index (χ3n) is 3.28. The van der Waals surface area contributed by atoms with E-state index in [4.69, 9.17) is 0 Å². The van der Waals surface area contributed by atoms with Gasteiger partial charge in [0.2, 0.25) is 10.0 Å². The predicted molar refractivity (Wildman–Crippen MR) is 88.5 cm³/mol. The van der Waals surface area contributed by atoms with Gasteiger partial charge in [-0.2, -0.15) is 0 Å². The van der Waals surface area contributed by atoms with Crippen LogP contribution >= 0.6 is 33.9 Å². The minimum Gasteiger partial charge on any atom is -0.348 e. The Bertz CT molecular complexity index is 585. The van der Waals surface area contributed by atoms with Crippen molar-refractivity contribution in [2.24, 2.45) is 0 Å². The molecule has 2 rings (SSSR count). The van der Waals surface area contributed by atoms with E-state index in [0.29, 0.717) is 5.56 Å². The fraction of sp³-hybridized carbons (Fsp3) is 0.583. The summed E-state index contributed by atoms with van der Waals surface area (Å²) in [5.41, 5.74) is 0.642. The average Bonchev–Trinajstić information content (AvgIpc) is 2.77. The minimum atomic E-state index is -3.25. The van der Waals surface area contributed by atoms with Crippen LogP contribution in [-0.4, -0.2) is 32.7 Å². The van der Waals surface area contributed by atoms with E-state index in [9.17, 15) is 13.2 Å². The number of nitrogens with one attached hydrogen (secondary N) is 2. The lowest BCUT2D eigenvalue weighted by Crippen LogP contribution is -2.52. The molecule has 8 heteroatoms. The summed E-state index contributed by atoms with van der Waals surface area (Å²) in [4.78, 5) is 12.2. The minimum absolute atomic E-state index is 0.128. The van der Waals surface area contributed by atoms with Gasteiger partial charge in [-0.05, 0) is 41.5 Å². The molecular weight excluding hydrogens is 411 g/mol. The van der Waals surface area contributed by atoms with E-state index in [1.54, 1.807) is 0 Å². The van der Waals surface area contributed by atoms with Crippen LogP contribution in [0.4, 0.5) is 0 Å². The summed E-state index contributed by atoms with van der Waals surface area (Å²) < 4.78 is 26.4. The summed E-state index contributed by atoms with van der Waals surface area (Å²) in [6.45, 7) is 0. The first-order chi connectivity index (χ1) is 9.35. The normalized spacial score (nSPS) is 23.5. The molecule has 0 aromatic carbocycles. The third-order valence-corrected chi connectivity index (χ3v) is 5.80. The van der Waals surface area contributed by atoms with Gasteiger partial charge in [0.05, 0.1) is 14.7 Å². The first-order valence-electron chi connectivity index (χ1n) is 6.37. The van der Waals surface area contributed by atoms with Crippen LogP contribution in [-0.2, 0) is 10.0 Å². The van der Waals surface area contributed by atoms with Gasteiger partial charge in [-0.3, -0.25) is 4.79 Å². The molecule has 1 aromatic heterocycles. The maximum Gasteiger partial charge on any atom is 0.252 e. The van der Waals surface area contributed by atoms with Crippen LogP contribution in [0.25, 0.3) is 0 Å². The maximum absolute atomic E-state index is 12.2. The molecule has 1 aromatic rings. The van der Waals surface area contributed by atoms with Gasteiger partial charge in [0.15, 0.2) is 0 Å². The zero-order valence-corrected chi connectivity index (χ0v) is 14.8. The number of halogens is 1. The number of amides is 1. The fourth-order valence-electron chi connectivity index (χ4n) is 2.40. The van der Waals surface area contributed by atoms with Crippen molar-refractivity contribution in [3.05, 3.63) is 19.9 Å². The topological polar surface area (TPSA) is 75.3 Å². The maximum atomic E-state index is 12.2. The van der Waals surface area contributed by atoms with Gasteiger partial charge in [-0.1, -0.05) is 12.8 Å². The molecule has 1 amide bonds. The number of rotatable bonds is 4. The molecule has 1 fully saturated rings. The number of carbonyl (C=O) groups excluding carboxylic acids is 1. The van der Waals surface area contributed by atoms with Crippen molar-refractivity contribution < 1.29 is 13.2 Å².